The molecule has 0 unspecified atom stereocenters. The van der Waals surface area contributed by atoms with Crippen molar-refractivity contribution in [2.45, 2.75) is 25.4 Å². The minimum Gasteiger partial charge on any atom is -0.393 e. The summed E-state index contributed by atoms with van der Waals surface area (Å²) in [6.07, 6.45) is 1.83. The number of carbonyl (C=O) groups is 1. The Labute approximate surface area is 144 Å². The van der Waals surface area contributed by atoms with Crippen LogP contribution in [0.2, 0.25) is 0 Å². The van der Waals surface area contributed by atoms with Gasteiger partial charge in [0.1, 0.15) is 0 Å². The molecule has 1 aliphatic heterocycles. The fourth-order valence-electron chi connectivity index (χ4n) is 2.41. The molecule has 3 N–H and O–H groups in total. The molecule has 7 heteroatoms. The van der Waals surface area contributed by atoms with Crippen LogP contribution >= 0.6 is 24.8 Å². The van der Waals surface area contributed by atoms with Crippen LogP contribution in [0.4, 0.5) is 11.4 Å². The third-order valence-corrected chi connectivity index (χ3v) is 3.59. The summed E-state index contributed by atoms with van der Waals surface area (Å²) < 4.78 is 0. The molecule has 0 aliphatic carbocycles. The van der Waals surface area contributed by atoms with Gasteiger partial charge in [-0.1, -0.05) is 12.1 Å². The number of piperidine rings is 1. The molecule has 126 valence electrons. The van der Waals surface area contributed by atoms with Crippen LogP contribution in [0.1, 0.15) is 19.3 Å². The van der Waals surface area contributed by atoms with E-state index in [1.54, 1.807) is 0 Å². The highest BCUT2D eigenvalue weighted by Gasteiger charge is 2.19. The number of hydrogen-bond donors (Lipinski definition) is 3. The van der Waals surface area contributed by atoms with Crippen molar-refractivity contribution in [3.8, 4) is 0 Å². The standard InChI is InChI=1S/C15H23N3O2.2ClH/c1-16-9-6-15(20)17-13-4-2-3-5-14(13)18-10-7-12(19)8-11-18;;/h2-5,12,16,19H,6-11H2,1H3,(H,17,20);2*1H. The lowest BCUT2D eigenvalue weighted by Gasteiger charge is -2.32. The molecule has 0 bridgehead atoms. The highest BCUT2D eigenvalue weighted by atomic mass is 35.5. The number of halogens is 2. The van der Waals surface area contributed by atoms with Crippen LogP contribution in [-0.2, 0) is 4.79 Å². The Bertz CT molecular complexity index is 452. The van der Waals surface area contributed by atoms with Gasteiger partial charge in [-0.3, -0.25) is 4.79 Å². The summed E-state index contributed by atoms with van der Waals surface area (Å²) in [5.41, 5.74) is 1.89. The highest BCUT2D eigenvalue weighted by Crippen LogP contribution is 2.28. The zero-order chi connectivity index (χ0) is 14.4. The second-order valence-electron chi connectivity index (χ2n) is 5.14. The van der Waals surface area contributed by atoms with E-state index in [1.807, 2.05) is 31.3 Å². The summed E-state index contributed by atoms with van der Waals surface area (Å²) in [7, 11) is 1.83. The molecule has 2 rings (SSSR count). The quantitative estimate of drug-likeness (QED) is 0.761. The third-order valence-electron chi connectivity index (χ3n) is 3.59. The maximum atomic E-state index is 11.8. The number of anilines is 2. The molecule has 1 aliphatic rings. The number of amides is 1. The van der Waals surface area contributed by atoms with Gasteiger partial charge < -0.3 is 20.6 Å². The van der Waals surface area contributed by atoms with Gasteiger partial charge in [0.15, 0.2) is 0 Å². The highest BCUT2D eigenvalue weighted by molar-refractivity contribution is 5.94. The molecule has 1 saturated heterocycles. The van der Waals surface area contributed by atoms with E-state index < -0.39 is 0 Å². The lowest BCUT2D eigenvalue weighted by atomic mass is 10.1. The predicted molar refractivity (Wildman–Crippen MR) is 95.6 cm³/mol. The van der Waals surface area contributed by atoms with Gasteiger partial charge >= 0.3 is 0 Å². The largest absolute Gasteiger partial charge is 0.393 e. The Kier molecular flexibility index (Phi) is 10.2. The molecule has 0 radical (unpaired) electrons. The van der Waals surface area contributed by atoms with Gasteiger partial charge in [0.25, 0.3) is 0 Å². The van der Waals surface area contributed by atoms with Crippen molar-refractivity contribution < 1.29 is 9.90 Å². The van der Waals surface area contributed by atoms with Gasteiger partial charge in [-0.05, 0) is 32.0 Å². The van der Waals surface area contributed by atoms with Crippen molar-refractivity contribution in [3.05, 3.63) is 24.3 Å². The van der Waals surface area contributed by atoms with E-state index in [2.05, 4.69) is 15.5 Å². The molecule has 0 spiro atoms. The van der Waals surface area contributed by atoms with Crippen LogP contribution in [0.5, 0.6) is 0 Å². The molecule has 1 aromatic carbocycles. The predicted octanol–water partition coefficient (Wildman–Crippen LogP) is 2.04. The number of aliphatic hydroxyl groups excluding tert-OH is 1. The molecule has 0 atom stereocenters. The van der Waals surface area contributed by atoms with Crippen LogP contribution in [-0.4, -0.2) is 43.8 Å². The van der Waals surface area contributed by atoms with Crippen molar-refractivity contribution in [3.63, 3.8) is 0 Å². The molecular formula is C15H25Cl2N3O2. The topological polar surface area (TPSA) is 64.6 Å². The van der Waals surface area contributed by atoms with Crippen LogP contribution in [0.3, 0.4) is 0 Å². The number of rotatable bonds is 5. The lowest BCUT2D eigenvalue weighted by molar-refractivity contribution is -0.116. The summed E-state index contributed by atoms with van der Waals surface area (Å²) >= 11 is 0. The van der Waals surface area contributed by atoms with Crippen molar-refractivity contribution in [2.75, 3.05) is 36.9 Å². The summed E-state index contributed by atoms with van der Waals surface area (Å²) in [5.74, 6) is 0.0174. The number of aliphatic hydroxyl groups is 1. The first-order chi connectivity index (χ1) is 9.70. The first-order valence-electron chi connectivity index (χ1n) is 7.17. The van der Waals surface area contributed by atoms with E-state index in [0.29, 0.717) is 13.0 Å². The zero-order valence-electron chi connectivity index (χ0n) is 12.7. The van der Waals surface area contributed by atoms with Gasteiger partial charge in [0.2, 0.25) is 5.91 Å². The van der Waals surface area contributed by atoms with E-state index in [0.717, 1.165) is 37.3 Å². The maximum Gasteiger partial charge on any atom is 0.225 e. The van der Waals surface area contributed by atoms with E-state index in [4.69, 9.17) is 0 Å². The Morgan fingerprint density at radius 1 is 1.27 bits per heavy atom. The number of carbonyl (C=O) groups excluding carboxylic acids is 1. The molecule has 1 aromatic rings. The normalized spacial score (nSPS) is 14.7. The van der Waals surface area contributed by atoms with Gasteiger partial charge in [0.05, 0.1) is 17.5 Å². The number of nitrogens with zero attached hydrogens (tertiary/aromatic N) is 1. The number of para-hydroxylation sites is 2. The molecule has 0 saturated carbocycles. The second kappa shape index (κ2) is 10.7. The van der Waals surface area contributed by atoms with Crippen molar-refractivity contribution in [1.82, 2.24) is 5.32 Å². The first kappa shape index (κ1) is 21.0. The Hall–Kier alpha value is -1.01. The second-order valence-corrected chi connectivity index (χ2v) is 5.14. The van der Waals surface area contributed by atoms with Gasteiger partial charge in [-0.15, -0.1) is 24.8 Å². The van der Waals surface area contributed by atoms with Crippen molar-refractivity contribution in [1.29, 1.82) is 0 Å². The summed E-state index contributed by atoms with van der Waals surface area (Å²) in [4.78, 5) is 14.1. The molecule has 5 nitrogen and oxygen atoms in total. The molecule has 1 heterocycles. The minimum absolute atomic E-state index is 0. The van der Waals surface area contributed by atoms with Crippen LogP contribution in [0.15, 0.2) is 24.3 Å². The third kappa shape index (κ3) is 6.01. The summed E-state index contributed by atoms with van der Waals surface area (Å²) in [5, 5.41) is 15.5. The van der Waals surface area contributed by atoms with E-state index in [9.17, 15) is 9.90 Å². The summed E-state index contributed by atoms with van der Waals surface area (Å²) in [6, 6.07) is 7.85. The molecular weight excluding hydrogens is 325 g/mol. The smallest absolute Gasteiger partial charge is 0.225 e. The molecule has 1 amide bonds. The van der Waals surface area contributed by atoms with Crippen LogP contribution in [0.25, 0.3) is 0 Å². The average Bonchev–Trinajstić information content (AvgIpc) is 2.47. The Morgan fingerprint density at radius 3 is 2.55 bits per heavy atom. The number of hydrogen-bond acceptors (Lipinski definition) is 4. The number of benzene rings is 1. The monoisotopic (exact) mass is 349 g/mol. The van der Waals surface area contributed by atoms with Crippen LogP contribution < -0.4 is 15.5 Å². The van der Waals surface area contributed by atoms with Gasteiger partial charge in [0, 0.05) is 26.1 Å². The van der Waals surface area contributed by atoms with Gasteiger partial charge in [-0.2, -0.15) is 0 Å². The molecule has 1 fully saturated rings. The van der Waals surface area contributed by atoms with Gasteiger partial charge in [-0.25, -0.2) is 0 Å². The molecule has 0 aromatic heterocycles. The zero-order valence-corrected chi connectivity index (χ0v) is 14.4. The number of nitrogens with one attached hydrogen (secondary N) is 2. The van der Waals surface area contributed by atoms with E-state index >= 15 is 0 Å². The lowest BCUT2D eigenvalue weighted by Crippen LogP contribution is -2.36. The fourth-order valence-corrected chi connectivity index (χ4v) is 2.41. The minimum atomic E-state index is -0.191. The summed E-state index contributed by atoms with van der Waals surface area (Å²) in [6.45, 7) is 2.32. The van der Waals surface area contributed by atoms with E-state index in [-0.39, 0.29) is 36.8 Å². The SMILES string of the molecule is CNCCC(=O)Nc1ccccc1N1CCC(O)CC1.Cl.Cl. The van der Waals surface area contributed by atoms with Crippen molar-refractivity contribution in [2.24, 2.45) is 0 Å². The Balaban J connectivity index is 0.00000220. The van der Waals surface area contributed by atoms with Crippen molar-refractivity contribution >= 4 is 42.1 Å². The average molecular weight is 350 g/mol. The molecule has 22 heavy (non-hydrogen) atoms. The maximum absolute atomic E-state index is 11.8. The van der Waals surface area contributed by atoms with E-state index in [1.165, 1.54) is 0 Å². The Morgan fingerprint density at radius 2 is 1.91 bits per heavy atom. The first-order valence-corrected chi connectivity index (χ1v) is 7.17. The van der Waals surface area contributed by atoms with Crippen LogP contribution in [0, 0.1) is 0 Å². The fraction of sp³-hybridized carbons (Fsp3) is 0.533.